The predicted octanol–water partition coefficient (Wildman–Crippen LogP) is 3.34. The van der Waals surface area contributed by atoms with Crippen LogP contribution >= 0.6 is 0 Å². The Bertz CT molecular complexity index is 669. The summed E-state index contributed by atoms with van der Waals surface area (Å²) in [6, 6.07) is 10.00. The highest BCUT2D eigenvalue weighted by molar-refractivity contribution is 5.69. The average molecular weight is 403 g/mol. The molecule has 0 saturated heterocycles. The Morgan fingerprint density at radius 1 is 1.14 bits per heavy atom. The normalized spacial score (nSPS) is 26.9. The molecule has 0 spiro atoms. The minimum Gasteiger partial charge on any atom is -0.481 e. The van der Waals surface area contributed by atoms with Gasteiger partial charge < -0.3 is 20.4 Å². The van der Waals surface area contributed by atoms with Crippen LogP contribution in [0.3, 0.4) is 0 Å². The zero-order valence-corrected chi connectivity index (χ0v) is 17.1. The molecule has 1 aromatic carbocycles. The van der Waals surface area contributed by atoms with Gasteiger partial charge in [0.15, 0.2) is 0 Å². The van der Waals surface area contributed by atoms with Crippen LogP contribution in [-0.4, -0.2) is 44.7 Å². The third-order valence-electron chi connectivity index (χ3n) is 5.81. The van der Waals surface area contributed by atoms with Crippen molar-refractivity contribution in [2.24, 2.45) is 17.8 Å². The van der Waals surface area contributed by atoms with E-state index in [4.69, 9.17) is 5.11 Å². The summed E-state index contributed by atoms with van der Waals surface area (Å²) in [5.41, 5.74) is 1.18. The number of carbonyl (C=O) groups is 1. The molecule has 6 atom stereocenters. The van der Waals surface area contributed by atoms with E-state index in [1.807, 2.05) is 48.6 Å². The molecule has 1 aliphatic carbocycles. The summed E-state index contributed by atoms with van der Waals surface area (Å²) in [6.07, 6.45) is 9.32. The van der Waals surface area contributed by atoms with Crippen LogP contribution < -0.4 is 0 Å². The van der Waals surface area contributed by atoms with Gasteiger partial charge in [0, 0.05) is 12.3 Å². The van der Waals surface area contributed by atoms with E-state index in [0.29, 0.717) is 32.1 Å². The van der Waals surface area contributed by atoms with E-state index >= 15 is 0 Å². The van der Waals surface area contributed by atoms with Crippen molar-refractivity contribution in [1.82, 2.24) is 0 Å². The molecule has 5 nitrogen and oxygen atoms in total. The number of carboxylic acid groups (broad SMARTS) is 1. The quantitative estimate of drug-likeness (QED) is 0.426. The number of hydrogen-bond acceptors (Lipinski definition) is 4. The zero-order valence-electron chi connectivity index (χ0n) is 17.1. The van der Waals surface area contributed by atoms with Crippen molar-refractivity contribution in [3.05, 3.63) is 60.2 Å². The van der Waals surface area contributed by atoms with Crippen LogP contribution in [0, 0.1) is 17.8 Å². The van der Waals surface area contributed by atoms with Crippen LogP contribution in [-0.2, 0) is 11.2 Å². The topological polar surface area (TPSA) is 98.0 Å². The van der Waals surface area contributed by atoms with Gasteiger partial charge in [-0.05, 0) is 43.6 Å². The summed E-state index contributed by atoms with van der Waals surface area (Å²) >= 11 is 0. The molecule has 1 aliphatic rings. The molecule has 160 valence electrons. The zero-order chi connectivity index (χ0) is 21.2. The first kappa shape index (κ1) is 23.3. The number of aliphatic carboxylic acids is 1. The summed E-state index contributed by atoms with van der Waals surface area (Å²) in [6.45, 7) is 1.69. The Hall–Kier alpha value is -1.95. The van der Waals surface area contributed by atoms with Gasteiger partial charge in [0.2, 0.25) is 0 Å². The molecule has 29 heavy (non-hydrogen) atoms. The summed E-state index contributed by atoms with van der Waals surface area (Å²) in [5.74, 6) is -1.45. The average Bonchev–Trinajstić information content (AvgIpc) is 2.97. The van der Waals surface area contributed by atoms with E-state index in [0.717, 1.165) is 6.42 Å². The van der Waals surface area contributed by atoms with Crippen LogP contribution in [0.1, 0.15) is 44.6 Å². The lowest BCUT2D eigenvalue weighted by Gasteiger charge is -2.19. The third kappa shape index (κ3) is 7.77. The van der Waals surface area contributed by atoms with Gasteiger partial charge in [-0.15, -0.1) is 0 Å². The van der Waals surface area contributed by atoms with Crippen LogP contribution in [0.15, 0.2) is 54.6 Å². The maximum Gasteiger partial charge on any atom is 0.306 e. The van der Waals surface area contributed by atoms with Crippen molar-refractivity contribution in [3.63, 3.8) is 0 Å². The fraction of sp³-hybridized carbons (Fsp3) is 0.542. The molecule has 0 amide bonds. The van der Waals surface area contributed by atoms with Crippen LogP contribution in [0.2, 0.25) is 0 Å². The minimum absolute atomic E-state index is 0.101. The smallest absolute Gasteiger partial charge is 0.306 e. The highest BCUT2D eigenvalue weighted by Gasteiger charge is 2.39. The lowest BCUT2D eigenvalue weighted by molar-refractivity contribution is -0.141. The molecular weight excluding hydrogens is 368 g/mol. The highest BCUT2D eigenvalue weighted by Crippen LogP contribution is 2.36. The fourth-order valence-corrected chi connectivity index (χ4v) is 3.86. The van der Waals surface area contributed by atoms with Crippen molar-refractivity contribution < 1.29 is 25.2 Å². The number of aryl methyl sites for hydroxylation is 1. The fourth-order valence-electron chi connectivity index (χ4n) is 3.86. The van der Waals surface area contributed by atoms with Gasteiger partial charge in [-0.1, -0.05) is 61.6 Å². The molecule has 1 aromatic rings. The van der Waals surface area contributed by atoms with Crippen LogP contribution in [0.4, 0.5) is 0 Å². The Labute approximate surface area is 173 Å². The second-order valence-electron chi connectivity index (χ2n) is 8.11. The summed E-state index contributed by atoms with van der Waals surface area (Å²) < 4.78 is 0. The maximum absolute atomic E-state index is 10.8. The van der Waals surface area contributed by atoms with Gasteiger partial charge in [0.1, 0.15) is 0 Å². The van der Waals surface area contributed by atoms with E-state index in [9.17, 15) is 20.1 Å². The Kier molecular flexibility index (Phi) is 9.58. The van der Waals surface area contributed by atoms with Gasteiger partial charge in [0.05, 0.1) is 24.2 Å². The minimum atomic E-state index is -0.788. The monoisotopic (exact) mass is 402 g/mol. The molecule has 2 rings (SSSR count). The van der Waals surface area contributed by atoms with Gasteiger partial charge >= 0.3 is 5.97 Å². The van der Waals surface area contributed by atoms with E-state index < -0.39 is 24.3 Å². The summed E-state index contributed by atoms with van der Waals surface area (Å²) in [4.78, 5) is 10.8. The molecule has 0 heterocycles. The van der Waals surface area contributed by atoms with Gasteiger partial charge in [0.25, 0.3) is 0 Å². The second kappa shape index (κ2) is 11.9. The first-order chi connectivity index (χ1) is 13.9. The number of aliphatic hydroxyl groups excluding tert-OH is 3. The standard InChI is InChI=1S/C24H34O5/c1-17(24(28)29)8-4-2-7-11-20-21(23(27)16-22(20)26)15-14-19(25)13-12-18-9-5-3-6-10-18/h2-3,5-7,9-10,14-15,17,19-23,25-27H,4,8,11-13,16H2,1H3,(H,28,29)/b7-2-,15-14+/t17?,19-,20+,21+,22-,23+/m0/s1. The Balaban J connectivity index is 1.83. The SMILES string of the molecule is CC(CC/C=C\C[C@@H]1[C@@H](/C=C/[C@@H](O)CCc2ccccc2)[C@H](O)C[C@@H]1O)C(=O)O. The molecule has 5 heteroatoms. The Morgan fingerprint density at radius 3 is 2.55 bits per heavy atom. The molecule has 1 fully saturated rings. The Morgan fingerprint density at radius 2 is 1.86 bits per heavy atom. The van der Waals surface area contributed by atoms with Gasteiger partial charge in [-0.25, -0.2) is 0 Å². The maximum atomic E-state index is 10.8. The molecular formula is C24H34O5. The van der Waals surface area contributed by atoms with E-state index in [-0.39, 0.29) is 17.8 Å². The molecule has 1 saturated carbocycles. The molecule has 0 aliphatic heterocycles. The lowest BCUT2D eigenvalue weighted by atomic mass is 9.89. The molecule has 1 unspecified atom stereocenters. The van der Waals surface area contributed by atoms with Crippen molar-refractivity contribution >= 4 is 5.97 Å². The highest BCUT2D eigenvalue weighted by atomic mass is 16.4. The summed E-state index contributed by atoms with van der Waals surface area (Å²) in [5, 5.41) is 39.8. The van der Waals surface area contributed by atoms with Crippen LogP contribution in [0.25, 0.3) is 0 Å². The third-order valence-corrected chi connectivity index (χ3v) is 5.81. The van der Waals surface area contributed by atoms with Gasteiger partial charge in [-0.2, -0.15) is 0 Å². The number of allylic oxidation sites excluding steroid dienone is 2. The first-order valence-corrected chi connectivity index (χ1v) is 10.5. The number of benzene rings is 1. The number of hydrogen-bond donors (Lipinski definition) is 4. The number of carboxylic acids is 1. The lowest BCUT2D eigenvalue weighted by Crippen LogP contribution is -2.20. The van der Waals surface area contributed by atoms with Gasteiger partial charge in [-0.3, -0.25) is 4.79 Å². The number of rotatable bonds is 11. The molecule has 4 N–H and O–H groups in total. The molecule has 0 bridgehead atoms. The largest absolute Gasteiger partial charge is 0.481 e. The van der Waals surface area contributed by atoms with Crippen molar-refractivity contribution in [2.75, 3.05) is 0 Å². The molecule has 0 radical (unpaired) electrons. The van der Waals surface area contributed by atoms with E-state index in [2.05, 4.69) is 0 Å². The van der Waals surface area contributed by atoms with E-state index in [1.54, 1.807) is 13.0 Å². The second-order valence-corrected chi connectivity index (χ2v) is 8.11. The predicted molar refractivity (Wildman–Crippen MR) is 113 cm³/mol. The van der Waals surface area contributed by atoms with Crippen molar-refractivity contribution in [3.8, 4) is 0 Å². The van der Waals surface area contributed by atoms with Crippen LogP contribution in [0.5, 0.6) is 0 Å². The van der Waals surface area contributed by atoms with Crippen molar-refractivity contribution in [1.29, 1.82) is 0 Å². The first-order valence-electron chi connectivity index (χ1n) is 10.5. The van der Waals surface area contributed by atoms with Crippen molar-refractivity contribution in [2.45, 2.75) is 63.8 Å². The summed E-state index contributed by atoms with van der Waals surface area (Å²) in [7, 11) is 0. The number of aliphatic hydroxyl groups is 3. The molecule has 0 aromatic heterocycles. The van der Waals surface area contributed by atoms with E-state index in [1.165, 1.54) is 5.56 Å².